The van der Waals surface area contributed by atoms with Crippen LogP contribution in [0.3, 0.4) is 0 Å². The molecule has 0 fully saturated rings. The molecule has 4 nitrogen and oxygen atoms in total. The first kappa shape index (κ1) is 13.0. The largest absolute Gasteiger partial charge is 0.341 e. The second kappa shape index (κ2) is 5.96. The highest BCUT2D eigenvalue weighted by Gasteiger charge is 2.10. The van der Waals surface area contributed by atoms with Gasteiger partial charge in [-0.1, -0.05) is 30.3 Å². The van der Waals surface area contributed by atoms with Crippen LogP contribution in [0.15, 0.2) is 36.4 Å². The van der Waals surface area contributed by atoms with Crippen molar-refractivity contribution in [3.05, 3.63) is 42.1 Å². The number of anilines is 1. The van der Waals surface area contributed by atoms with Gasteiger partial charge in [-0.25, -0.2) is 9.97 Å². The maximum absolute atomic E-state index is 9.10. The van der Waals surface area contributed by atoms with E-state index in [9.17, 15) is 0 Å². The minimum atomic E-state index is 0.399. The summed E-state index contributed by atoms with van der Waals surface area (Å²) in [6.07, 6.45) is 0. The number of nitriles is 1. The van der Waals surface area contributed by atoms with Gasteiger partial charge in [0.2, 0.25) is 5.95 Å². The van der Waals surface area contributed by atoms with E-state index in [0.29, 0.717) is 11.6 Å². The van der Waals surface area contributed by atoms with E-state index in [0.717, 1.165) is 24.3 Å². The second-order valence-corrected chi connectivity index (χ2v) is 4.09. The minimum Gasteiger partial charge on any atom is -0.341 e. The Morgan fingerprint density at radius 2 is 1.79 bits per heavy atom. The summed E-state index contributed by atoms with van der Waals surface area (Å²) >= 11 is 0. The Balaban J connectivity index is 2.51. The van der Waals surface area contributed by atoms with E-state index in [1.165, 1.54) is 0 Å². The Bertz CT molecular complexity index is 583. The first-order valence-electron chi connectivity index (χ1n) is 6.38. The molecule has 0 saturated heterocycles. The lowest BCUT2D eigenvalue weighted by Crippen LogP contribution is -2.24. The van der Waals surface area contributed by atoms with Crippen LogP contribution in [-0.2, 0) is 0 Å². The van der Waals surface area contributed by atoms with E-state index in [1.54, 1.807) is 6.07 Å². The zero-order chi connectivity index (χ0) is 13.7. The molecule has 0 unspecified atom stereocenters. The third-order valence-corrected chi connectivity index (χ3v) is 2.94. The van der Waals surface area contributed by atoms with E-state index in [4.69, 9.17) is 5.26 Å². The molecule has 2 rings (SSSR count). The molecule has 2 aromatic rings. The number of hydrogen-bond acceptors (Lipinski definition) is 4. The molecule has 4 heteroatoms. The fourth-order valence-corrected chi connectivity index (χ4v) is 1.90. The average Bonchev–Trinajstić information content (AvgIpc) is 2.49. The molecule has 0 saturated carbocycles. The average molecular weight is 252 g/mol. The number of rotatable bonds is 4. The van der Waals surface area contributed by atoms with Crippen molar-refractivity contribution < 1.29 is 0 Å². The van der Waals surface area contributed by atoms with Gasteiger partial charge in [-0.2, -0.15) is 5.26 Å². The molecule has 0 radical (unpaired) electrons. The second-order valence-electron chi connectivity index (χ2n) is 4.09. The highest BCUT2D eigenvalue weighted by molar-refractivity contribution is 5.61. The Labute approximate surface area is 113 Å². The van der Waals surface area contributed by atoms with Gasteiger partial charge >= 0.3 is 0 Å². The fraction of sp³-hybridized carbons (Fsp3) is 0.267. The van der Waals surface area contributed by atoms with Gasteiger partial charge < -0.3 is 4.90 Å². The molecule has 0 amide bonds. The molecule has 0 atom stereocenters. The van der Waals surface area contributed by atoms with Crippen molar-refractivity contribution in [3.63, 3.8) is 0 Å². The highest BCUT2D eigenvalue weighted by atomic mass is 15.2. The van der Waals surface area contributed by atoms with Crippen LogP contribution >= 0.6 is 0 Å². The van der Waals surface area contributed by atoms with Gasteiger partial charge in [0.1, 0.15) is 11.8 Å². The lowest BCUT2D eigenvalue weighted by atomic mass is 10.1. The first-order chi connectivity index (χ1) is 9.28. The molecular weight excluding hydrogens is 236 g/mol. The fourth-order valence-electron chi connectivity index (χ4n) is 1.90. The van der Waals surface area contributed by atoms with Crippen LogP contribution in [-0.4, -0.2) is 23.1 Å². The topological polar surface area (TPSA) is 52.8 Å². The van der Waals surface area contributed by atoms with E-state index >= 15 is 0 Å². The number of benzene rings is 1. The van der Waals surface area contributed by atoms with Crippen LogP contribution in [0.25, 0.3) is 11.3 Å². The van der Waals surface area contributed by atoms with Crippen molar-refractivity contribution in [2.24, 2.45) is 0 Å². The lowest BCUT2D eigenvalue weighted by molar-refractivity contribution is 0.820. The molecule has 0 aliphatic heterocycles. The maximum Gasteiger partial charge on any atom is 0.227 e. The highest BCUT2D eigenvalue weighted by Crippen LogP contribution is 2.20. The van der Waals surface area contributed by atoms with Gasteiger partial charge in [-0.15, -0.1) is 0 Å². The number of hydrogen-bond donors (Lipinski definition) is 0. The van der Waals surface area contributed by atoms with Crippen LogP contribution in [0.2, 0.25) is 0 Å². The van der Waals surface area contributed by atoms with Crippen molar-refractivity contribution in [3.8, 4) is 17.3 Å². The van der Waals surface area contributed by atoms with Gasteiger partial charge in [0, 0.05) is 24.7 Å². The summed E-state index contributed by atoms with van der Waals surface area (Å²) in [5.74, 6) is 0.614. The van der Waals surface area contributed by atoms with Crippen LogP contribution in [0.1, 0.15) is 19.5 Å². The Morgan fingerprint density at radius 3 is 2.37 bits per heavy atom. The van der Waals surface area contributed by atoms with E-state index in [-0.39, 0.29) is 0 Å². The molecule has 0 N–H and O–H groups in total. The summed E-state index contributed by atoms with van der Waals surface area (Å²) in [6.45, 7) is 5.74. The van der Waals surface area contributed by atoms with Gasteiger partial charge in [0.15, 0.2) is 0 Å². The van der Waals surface area contributed by atoms with E-state index in [2.05, 4.69) is 16.0 Å². The SMILES string of the molecule is CCN(CC)c1nc(C#N)cc(-c2ccccc2)n1. The number of aromatic nitrogens is 2. The van der Waals surface area contributed by atoms with Crippen molar-refractivity contribution >= 4 is 5.95 Å². The molecule has 0 aliphatic rings. The summed E-state index contributed by atoms with van der Waals surface area (Å²) in [7, 11) is 0. The van der Waals surface area contributed by atoms with Crippen molar-refractivity contribution in [2.75, 3.05) is 18.0 Å². The predicted molar refractivity (Wildman–Crippen MR) is 75.7 cm³/mol. The molecule has 1 aromatic heterocycles. The van der Waals surface area contributed by atoms with Crippen LogP contribution in [0, 0.1) is 11.3 Å². The standard InChI is InChI=1S/C15H16N4/c1-3-19(4-2)15-17-13(11-16)10-14(18-15)12-8-6-5-7-9-12/h5-10H,3-4H2,1-2H3. The minimum absolute atomic E-state index is 0.399. The molecular formula is C15H16N4. The Hall–Kier alpha value is -2.41. The molecule has 19 heavy (non-hydrogen) atoms. The molecule has 0 bridgehead atoms. The van der Waals surface area contributed by atoms with Gasteiger partial charge in [-0.3, -0.25) is 0 Å². The molecule has 96 valence electrons. The number of nitrogens with zero attached hydrogens (tertiary/aromatic N) is 4. The Morgan fingerprint density at radius 1 is 1.11 bits per heavy atom. The summed E-state index contributed by atoms with van der Waals surface area (Å²) < 4.78 is 0. The maximum atomic E-state index is 9.10. The molecule has 0 spiro atoms. The van der Waals surface area contributed by atoms with Gasteiger partial charge in [-0.05, 0) is 13.8 Å². The molecule has 0 aliphatic carbocycles. The van der Waals surface area contributed by atoms with Crippen LogP contribution in [0.5, 0.6) is 0 Å². The van der Waals surface area contributed by atoms with Gasteiger partial charge in [0.25, 0.3) is 0 Å². The van der Waals surface area contributed by atoms with Crippen molar-refractivity contribution in [2.45, 2.75) is 13.8 Å². The zero-order valence-electron chi connectivity index (χ0n) is 11.2. The van der Waals surface area contributed by atoms with Crippen molar-refractivity contribution in [1.82, 2.24) is 9.97 Å². The monoisotopic (exact) mass is 252 g/mol. The first-order valence-corrected chi connectivity index (χ1v) is 6.38. The summed E-state index contributed by atoms with van der Waals surface area (Å²) in [6, 6.07) is 13.7. The predicted octanol–water partition coefficient (Wildman–Crippen LogP) is 2.86. The van der Waals surface area contributed by atoms with Gasteiger partial charge in [0.05, 0.1) is 5.69 Å². The summed E-state index contributed by atoms with van der Waals surface area (Å²) in [4.78, 5) is 10.9. The van der Waals surface area contributed by atoms with E-state index < -0.39 is 0 Å². The lowest BCUT2D eigenvalue weighted by Gasteiger charge is -2.19. The zero-order valence-corrected chi connectivity index (χ0v) is 11.2. The third-order valence-electron chi connectivity index (χ3n) is 2.94. The molecule has 1 aromatic carbocycles. The normalized spacial score (nSPS) is 9.95. The van der Waals surface area contributed by atoms with Crippen LogP contribution < -0.4 is 4.90 Å². The van der Waals surface area contributed by atoms with Crippen molar-refractivity contribution in [1.29, 1.82) is 5.26 Å². The quantitative estimate of drug-likeness (QED) is 0.839. The summed E-state index contributed by atoms with van der Waals surface area (Å²) in [5, 5.41) is 9.10. The molecule has 1 heterocycles. The third kappa shape index (κ3) is 2.89. The smallest absolute Gasteiger partial charge is 0.227 e. The van der Waals surface area contributed by atoms with Crippen LogP contribution in [0.4, 0.5) is 5.95 Å². The Kier molecular flexibility index (Phi) is 4.09. The summed E-state index contributed by atoms with van der Waals surface area (Å²) in [5.41, 5.74) is 2.18. The van der Waals surface area contributed by atoms with E-state index in [1.807, 2.05) is 49.1 Å².